The van der Waals surface area contributed by atoms with E-state index in [-0.39, 0.29) is 10.3 Å². The minimum atomic E-state index is 0.183. The van der Waals surface area contributed by atoms with E-state index in [1.807, 2.05) is 7.05 Å². The monoisotopic (exact) mass is 202 g/mol. The number of nitrogens with zero attached hydrogens (tertiary/aromatic N) is 4. The van der Waals surface area contributed by atoms with Crippen molar-refractivity contribution in [2.24, 2.45) is 7.05 Å². The highest BCUT2D eigenvalue weighted by Gasteiger charge is 2.07. The van der Waals surface area contributed by atoms with E-state index in [0.29, 0.717) is 11.3 Å². The third kappa shape index (κ3) is 1.04. The van der Waals surface area contributed by atoms with Gasteiger partial charge in [0.15, 0.2) is 21.6 Å². The summed E-state index contributed by atoms with van der Waals surface area (Å²) in [5, 5.41) is 0.385. The molecule has 2 rings (SSSR count). The van der Waals surface area contributed by atoms with Crippen LogP contribution < -0.4 is 0 Å². The molecule has 0 aliphatic rings. The van der Waals surface area contributed by atoms with Crippen LogP contribution >= 0.6 is 23.2 Å². The van der Waals surface area contributed by atoms with Crippen molar-refractivity contribution in [3.8, 4) is 0 Å². The molecule has 62 valence electrons. The molecule has 0 aromatic carbocycles. The Balaban J connectivity index is 2.87. The predicted molar refractivity (Wildman–Crippen MR) is 46.3 cm³/mol. The van der Waals surface area contributed by atoms with Crippen LogP contribution in [0.2, 0.25) is 10.3 Å². The second kappa shape index (κ2) is 2.57. The van der Waals surface area contributed by atoms with E-state index >= 15 is 0 Å². The Labute approximate surface area is 78.2 Å². The smallest absolute Gasteiger partial charge is 0.198 e. The van der Waals surface area contributed by atoms with E-state index in [0.717, 1.165) is 0 Å². The number of aromatic nitrogens is 4. The summed E-state index contributed by atoms with van der Waals surface area (Å²) in [6.45, 7) is 0. The molecular formula is C6H4Cl2N4. The number of rotatable bonds is 0. The van der Waals surface area contributed by atoms with Crippen LogP contribution in [0.25, 0.3) is 11.3 Å². The highest BCUT2D eigenvalue weighted by Crippen LogP contribution is 2.19. The Kier molecular flexibility index (Phi) is 1.66. The maximum absolute atomic E-state index is 5.67. The van der Waals surface area contributed by atoms with Crippen LogP contribution in [-0.2, 0) is 7.05 Å². The molecule has 0 aliphatic heterocycles. The molecule has 0 atom stereocenters. The maximum Gasteiger partial charge on any atom is 0.198 e. The van der Waals surface area contributed by atoms with Crippen molar-refractivity contribution in [1.29, 1.82) is 0 Å². The van der Waals surface area contributed by atoms with E-state index < -0.39 is 0 Å². The molecule has 0 N–H and O–H groups in total. The van der Waals surface area contributed by atoms with Crippen LogP contribution in [0.5, 0.6) is 0 Å². The highest BCUT2D eigenvalue weighted by molar-refractivity contribution is 6.40. The summed E-state index contributed by atoms with van der Waals surface area (Å²) in [5.41, 5.74) is 1.14. The fourth-order valence-corrected chi connectivity index (χ4v) is 1.14. The van der Waals surface area contributed by atoms with Crippen LogP contribution in [0.4, 0.5) is 0 Å². The van der Waals surface area contributed by atoms with Gasteiger partial charge in [0.2, 0.25) is 0 Å². The Morgan fingerprint density at radius 1 is 1.25 bits per heavy atom. The van der Waals surface area contributed by atoms with Gasteiger partial charge in [-0.1, -0.05) is 23.2 Å². The van der Waals surface area contributed by atoms with Gasteiger partial charge in [0.05, 0.1) is 6.33 Å². The maximum atomic E-state index is 5.67. The van der Waals surface area contributed by atoms with Crippen molar-refractivity contribution in [2.45, 2.75) is 0 Å². The number of halogens is 2. The van der Waals surface area contributed by atoms with Gasteiger partial charge in [-0.05, 0) is 0 Å². The molecule has 0 aliphatic carbocycles. The number of aryl methyl sites for hydroxylation is 1. The topological polar surface area (TPSA) is 43.6 Å². The molecule has 0 unspecified atom stereocenters. The zero-order valence-electron chi connectivity index (χ0n) is 6.12. The van der Waals surface area contributed by atoms with E-state index in [2.05, 4.69) is 15.0 Å². The van der Waals surface area contributed by atoms with Gasteiger partial charge >= 0.3 is 0 Å². The molecule has 2 aromatic heterocycles. The van der Waals surface area contributed by atoms with Crippen LogP contribution in [0.15, 0.2) is 6.33 Å². The fourth-order valence-electron chi connectivity index (χ4n) is 0.897. The summed E-state index contributed by atoms with van der Waals surface area (Å²) in [4.78, 5) is 11.9. The molecule has 0 radical (unpaired) electrons. The number of fused-ring (bicyclic) bond motifs is 1. The van der Waals surface area contributed by atoms with Crippen molar-refractivity contribution >= 4 is 34.5 Å². The minimum absolute atomic E-state index is 0.183. The van der Waals surface area contributed by atoms with Crippen molar-refractivity contribution in [2.75, 3.05) is 0 Å². The van der Waals surface area contributed by atoms with Gasteiger partial charge < -0.3 is 4.57 Å². The molecule has 0 fully saturated rings. The number of hydrogen-bond acceptors (Lipinski definition) is 3. The second-order valence-electron chi connectivity index (χ2n) is 2.31. The van der Waals surface area contributed by atoms with Gasteiger partial charge in [-0.15, -0.1) is 0 Å². The number of hydrogen-bond donors (Lipinski definition) is 0. The van der Waals surface area contributed by atoms with Gasteiger partial charge in [0, 0.05) is 7.05 Å². The molecule has 2 aromatic rings. The summed E-state index contributed by atoms with van der Waals surface area (Å²) in [6.07, 6.45) is 1.61. The Hall–Kier alpha value is -0.870. The lowest BCUT2D eigenvalue weighted by Crippen LogP contribution is -1.90. The average Bonchev–Trinajstić information content (AvgIpc) is 2.35. The van der Waals surface area contributed by atoms with Crippen molar-refractivity contribution < 1.29 is 0 Å². The van der Waals surface area contributed by atoms with Gasteiger partial charge in [-0.25, -0.2) is 15.0 Å². The van der Waals surface area contributed by atoms with Crippen LogP contribution in [0.3, 0.4) is 0 Å². The summed E-state index contributed by atoms with van der Waals surface area (Å²) in [6, 6.07) is 0. The van der Waals surface area contributed by atoms with Gasteiger partial charge in [0.25, 0.3) is 0 Å². The lowest BCUT2D eigenvalue weighted by molar-refractivity contribution is 0.930. The zero-order valence-corrected chi connectivity index (χ0v) is 7.63. The van der Waals surface area contributed by atoms with E-state index in [1.165, 1.54) is 0 Å². The minimum Gasteiger partial charge on any atom is -0.317 e. The highest BCUT2D eigenvalue weighted by atomic mass is 35.5. The second-order valence-corrected chi connectivity index (χ2v) is 3.02. The fraction of sp³-hybridized carbons (Fsp3) is 0.167. The molecule has 4 nitrogen and oxygen atoms in total. The standard InChI is InChI=1S/C6H4Cl2N4/c1-12-2-9-5-6(12)11-4(8)3(7)10-5/h2H,1H3. The molecule has 2 heterocycles. The summed E-state index contributed by atoms with van der Waals surface area (Å²) in [5.74, 6) is 0. The molecule has 0 amide bonds. The molecule has 0 bridgehead atoms. The first-order valence-electron chi connectivity index (χ1n) is 3.18. The van der Waals surface area contributed by atoms with Crippen molar-refractivity contribution in [3.63, 3.8) is 0 Å². The molecule has 0 saturated heterocycles. The van der Waals surface area contributed by atoms with Gasteiger partial charge in [-0.3, -0.25) is 0 Å². The van der Waals surface area contributed by atoms with E-state index in [4.69, 9.17) is 23.2 Å². The largest absolute Gasteiger partial charge is 0.317 e. The Bertz CT molecular complexity index is 436. The van der Waals surface area contributed by atoms with E-state index in [9.17, 15) is 0 Å². The lowest BCUT2D eigenvalue weighted by Gasteiger charge is -1.94. The van der Waals surface area contributed by atoms with Crippen LogP contribution in [-0.4, -0.2) is 19.5 Å². The first-order valence-corrected chi connectivity index (χ1v) is 3.94. The van der Waals surface area contributed by atoms with Gasteiger partial charge in [0.1, 0.15) is 0 Å². The third-order valence-corrected chi connectivity index (χ3v) is 2.09. The molecule has 6 heteroatoms. The molecule has 0 saturated carbocycles. The Morgan fingerprint density at radius 3 is 2.67 bits per heavy atom. The SMILES string of the molecule is Cn1cnc2nc(Cl)c(Cl)nc21. The quantitative estimate of drug-likeness (QED) is 0.653. The average molecular weight is 203 g/mol. The normalized spacial score (nSPS) is 10.9. The zero-order chi connectivity index (χ0) is 8.72. The first kappa shape index (κ1) is 7.76. The van der Waals surface area contributed by atoms with Crippen molar-refractivity contribution in [1.82, 2.24) is 19.5 Å². The molecular weight excluding hydrogens is 199 g/mol. The summed E-state index contributed by atoms with van der Waals surface area (Å²) in [7, 11) is 1.81. The predicted octanol–water partition coefficient (Wildman–Crippen LogP) is 1.67. The van der Waals surface area contributed by atoms with Crippen molar-refractivity contribution in [3.05, 3.63) is 16.6 Å². The molecule has 0 spiro atoms. The first-order chi connectivity index (χ1) is 5.68. The summed E-state index contributed by atoms with van der Waals surface area (Å²) < 4.78 is 1.73. The summed E-state index contributed by atoms with van der Waals surface area (Å²) >= 11 is 11.3. The molecule has 12 heavy (non-hydrogen) atoms. The van der Waals surface area contributed by atoms with E-state index in [1.54, 1.807) is 10.9 Å². The third-order valence-electron chi connectivity index (χ3n) is 1.47. The van der Waals surface area contributed by atoms with Crippen LogP contribution in [0, 0.1) is 0 Å². The number of imidazole rings is 1. The van der Waals surface area contributed by atoms with Gasteiger partial charge in [-0.2, -0.15) is 0 Å². The lowest BCUT2D eigenvalue weighted by atomic mass is 10.6. The Morgan fingerprint density at radius 2 is 1.92 bits per heavy atom. The van der Waals surface area contributed by atoms with Crippen LogP contribution in [0.1, 0.15) is 0 Å².